The Morgan fingerprint density at radius 3 is 3.06 bits per heavy atom. The van der Waals surface area contributed by atoms with Crippen LogP contribution < -0.4 is 10.6 Å². The molecule has 5 nitrogen and oxygen atoms in total. The smallest absolute Gasteiger partial charge is 0.137 e. The molecular weight excluding hydrogens is 216 g/mol. The summed E-state index contributed by atoms with van der Waals surface area (Å²) in [6, 6.07) is 0.377. The van der Waals surface area contributed by atoms with E-state index in [4.69, 9.17) is 10.8 Å². The van der Waals surface area contributed by atoms with Gasteiger partial charge in [-0.2, -0.15) is 0 Å². The second kappa shape index (κ2) is 5.31. The molecule has 1 fully saturated rings. The van der Waals surface area contributed by atoms with E-state index in [1.54, 1.807) is 0 Å². The molecule has 0 aliphatic carbocycles. The zero-order valence-corrected chi connectivity index (χ0v) is 10.3. The Hall–Kier alpha value is -1.36. The minimum absolute atomic E-state index is 0.223. The van der Waals surface area contributed by atoms with Crippen LogP contribution in [0.25, 0.3) is 0 Å². The van der Waals surface area contributed by atoms with Gasteiger partial charge in [-0.15, -0.1) is 0 Å². The van der Waals surface area contributed by atoms with Gasteiger partial charge in [0.2, 0.25) is 0 Å². The molecule has 0 radical (unpaired) electrons. The fourth-order valence-corrected chi connectivity index (χ4v) is 2.47. The van der Waals surface area contributed by atoms with Crippen LogP contribution in [0.3, 0.4) is 0 Å². The number of hydrogen-bond acceptors (Lipinski definition) is 5. The third kappa shape index (κ3) is 2.49. The van der Waals surface area contributed by atoms with Gasteiger partial charge in [-0.3, -0.25) is 0 Å². The van der Waals surface area contributed by atoms with Crippen molar-refractivity contribution >= 4 is 11.6 Å². The maximum absolute atomic E-state index is 9.12. The Kier molecular flexibility index (Phi) is 3.78. The molecule has 1 aromatic heterocycles. The fraction of sp³-hybridized carbons (Fsp3) is 0.667. The van der Waals surface area contributed by atoms with Gasteiger partial charge in [0.05, 0.1) is 0 Å². The van der Waals surface area contributed by atoms with E-state index in [2.05, 4.69) is 14.9 Å². The lowest BCUT2D eigenvalue weighted by atomic mass is 9.99. The van der Waals surface area contributed by atoms with E-state index in [1.807, 2.05) is 6.92 Å². The van der Waals surface area contributed by atoms with Crippen LogP contribution in [0.5, 0.6) is 0 Å². The highest BCUT2D eigenvalue weighted by Crippen LogP contribution is 2.28. The van der Waals surface area contributed by atoms with E-state index in [0.717, 1.165) is 30.8 Å². The molecule has 0 saturated carbocycles. The van der Waals surface area contributed by atoms with Crippen molar-refractivity contribution in [1.29, 1.82) is 0 Å². The first-order valence-electron chi connectivity index (χ1n) is 6.18. The first kappa shape index (κ1) is 12.1. The van der Waals surface area contributed by atoms with Crippen LogP contribution in [0.15, 0.2) is 6.33 Å². The molecule has 0 spiro atoms. The lowest BCUT2D eigenvalue weighted by Gasteiger charge is -2.37. The molecule has 0 aromatic carbocycles. The number of aliphatic hydroxyl groups is 1. The number of piperidine rings is 1. The normalized spacial score (nSPS) is 20.6. The molecule has 1 saturated heterocycles. The van der Waals surface area contributed by atoms with Crippen LogP contribution in [0, 0.1) is 6.92 Å². The van der Waals surface area contributed by atoms with Crippen LogP contribution in [0.2, 0.25) is 0 Å². The SMILES string of the molecule is Cc1c(N)ncnc1N1CCCCC1CCO. The molecule has 2 rings (SSSR count). The van der Waals surface area contributed by atoms with Gasteiger partial charge >= 0.3 is 0 Å². The standard InChI is InChI=1S/C12H20N4O/c1-9-11(13)14-8-15-12(9)16-6-3-2-4-10(16)5-7-17/h8,10,17H,2-7H2,1H3,(H2,13,14,15). The zero-order chi connectivity index (χ0) is 12.3. The van der Waals surface area contributed by atoms with Crippen molar-refractivity contribution in [1.82, 2.24) is 9.97 Å². The number of aliphatic hydroxyl groups excluding tert-OH is 1. The van der Waals surface area contributed by atoms with Crippen molar-refractivity contribution in [3.05, 3.63) is 11.9 Å². The minimum Gasteiger partial charge on any atom is -0.396 e. The quantitative estimate of drug-likeness (QED) is 0.822. The van der Waals surface area contributed by atoms with Crippen molar-refractivity contribution in [3.8, 4) is 0 Å². The number of aromatic nitrogens is 2. The van der Waals surface area contributed by atoms with Crippen LogP contribution >= 0.6 is 0 Å². The Morgan fingerprint density at radius 1 is 1.47 bits per heavy atom. The summed E-state index contributed by atoms with van der Waals surface area (Å²) in [6.45, 7) is 3.16. The summed E-state index contributed by atoms with van der Waals surface area (Å²) < 4.78 is 0. The molecule has 0 amide bonds. The number of hydrogen-bond donors (Lipinski definition) is 2. The third-order valence-electron chi connectivity index (χ3n) is 3.46. The van der Waals surface area contributed by atoms with Gasteiger partial charge in [-0.25, -0.2) is 9.97 Å². The van der Waals surface area contributed by atoms with Gasteiger partial charge in [0, 0.05) is 24.8 Å². The zero-order valence-electron chi connectivity index (χ0n) is 10.3. The average molecular weight is 236 g/mol. The molecule has 17 heavy (non-hydrogen) atoms. The Morgan fingerprint density at radius 2 is 2.29 bits per heavy atom. The first-order chi connectivity index (χ1) is 8.24. The Labute approximate surface area is 102 Å². The van der Waals surface area contributed by atoms with E-state index in [9.17, 15) is 0 Å². The van der Waals surface area contributed by atoms with E-state index in [-0.39, 0.29) is 6.61 Å². The molecule has 0 bridgehead atoms. The number of nitrogen functional groups attached to an aromatic ring is 1. The summed E-state index contributed by atoms with van der Waals surface area (Å²) in [4.78, 5) is 10.6. The van der Waals surface area contributed by atoms with Gasteiger partial charge in [-0.05, 0) is 32.6 Å². The molecular formula is C12H20N4O. The molecule has 3 N–H and O–H groups in total. The second-order valence-electron chi connectivity index (χ2n) is 4.56. The second-order valence-corrected chi connectivity index (χ2v) is 4.56. The van der Waals surface area contributed by atoms with Crippen molar-refractivity contribution in [2.75, 3.05) is 23.8 Å². The van der Waals surface area contributed by atoms with Crippen LogP contribution in [0.1, 0.15) is 31.2 Å². The molecule has 5 heteroatoms. The average Bonchev–Trinajstić information content (AvgIpc) is 2.34. The lowest BCUT2D eigenvalue weighted by molar-refractivity contribution is 0.262. The van der Waals surface area contributed by atoms with E-state index in [1.165, 1.54) is 19.2 Å². The topological polar surface area (TPSA) is 75.3 Å². The predicted octanol–water partition coefficient (Wildman–Crippen LogP) is 1.11. The minimum atomic E-state index is 0.223. The number of nitrogens with two attached hydrogens (primary N) is 1. The van der Waals surface area contributed by atoms with Gasteiger partial charge < -0.3 is 15.7 Å². The molecule has 2 heterocycles. The van der Waals surface area contributed by atoms with Crippen LogP contribution in [0.4, 0.5) is 11.6 Å². The highest BCUT2D eigenvalue weighted by atomic mass is 16.3. The summed E-state index contributed by atoms with van der Waals surface area (Å²) in [5.41, 5.74) is 6.76. The highest BCUT2D eigenvalue weighted by Gasteiger charge is 2.24. The van der Waals surface area contributed by atoms with Gasteiger partial charge in [-0.1, -0.05) is 0 Å². The Bertz CT molecular complexity index is 381. The van der Waals surface area contributed by atoms with Crippen LogP contribution in [-0.4, -0.2) is 34.3 Å². The van der Waals surface area contributed by atoms with Crippen molar-refractivity contribution < 1.29 is 5.11 Å². The van der Waals surface area contributed by atoms with Crippen molar-refractivity contribution in [2.24, 2.45) is 0 Å². The molecule has 94 valence electrons. The van der Waals surface area contributed by atoms with Gasteiger partial charge in [0.1, 0.15) is 18.0 Å². The summed E-state index contributed by atoms with van der Waals surface area (Å²) in [7, 11) is 0. The highest BCUT2D eigenvalue weighted by molar-refractivity contribution is 5.56. The first-order valence-corrected chi connectivity index (χ1v) is 6.18. The summed E-state index contributed by atoms with van der Waals surface area (Å²) in [5.74, 6) is 1.47. The lowest BCUT2D eigenvalue weighted by Crippen LogP contribution is -2.41. The van der Waals surface area contributed by atoms with E-state index in [0.29, 0.717) is 11.9 Å². The molecule has 1 aliphatic heterocycles. The summed E-state index contributed by atoms with van der Waals surface area (Å²) in [5, 5.41) is 9.12. The number of rotatable bonds is 3. The molecule has 1 aromatic rings. The Balaban J connectivity index is 2.26. The third-order valence-corrected chi connectivity index (χ3v) is 3.46. The molecule has 1 unspecified atom stereocenters. The largest absolute Gasteiger partial charge is 0.396 e. The summed E-state index contributed by atoms with van der Waals surface area (Å²) in [6.07, 6.45) is 5.82. The maximum Gasteiger partial charge on any atom is 0.137 e. The van der Waals surface area contributed by atoms with Crippen molar-refractivity contribution in [2.45, 2.75) is 38.6 Å². The fourth-order valence-electron chi connectivity index (χ4n) is 2.47. The molecule has 1 atom stereocenters. The maximum atomic E-state index is 9.12. The van der Waals surface area contributed by atoms with E-state index < -0.39 is 0 Å². The van der Waals surface area contributed by atoms with Crippen LogP contribution in [-0.2, 0) is 0 Å². The number of nitrogens with zero attached hydrogens (tertiary/aromatic N) is 3. The van der Waals surface area contributed by atoms with Crippen molar-refractivity contribution in [3.63, 3.8) is 0 Å². The van der Waals surface area contributed by atoms with E-state index >= 15 is 0 Å². The monoisotopic (exact) mass is 236 g/mol. The van der Waals surface area contributed by atoms with Gasteiger partial charge in [0.15, 0.2) is 0 Å². The summed E-state index contributed by atoms with van der Waals surface area (Å²) >= 11 is 0. The molecule has 1 aliphatic rings. The van der Waals surface area contributed by atoms with Gasteiger partial charge in [0.25, 0.3) is 0 Å². The number of anilines is 2. The predicted molar refractivity (Wildman–Crippen MR) is 67.9 cm³/mol.